The third kappa shape index (κ3) is 33.4. The molecule has 0 heterocycles. The van der Waals surface area contributed by atoms with Crippen LogP contribution in [0.2, 0.25) is 0 Å². The van der Waals surface area contributed by atoms with Crippen LogP contribution in [-0.4, -0.2) is 36.7 Å². The minimum Gasteiger partial charge on any atom is -0.465 e. The molecule has 4 nitrogen and oxygen atoms in total. The predicted molar refractivity (Wildman–Crippen MR) is 171 cm³/mol. The lowest BCUT2D eigenvalue weighted by molar-refractivity contribution is -0.140. The van der Waals surface area contributed by atoms with E-state index >= 15 is 0 Å². The maximum absolute atomic E-state index is 11.8. The van der Waals surface area contributed by atoms with Gasteiger partial charge < -0.3 is 9.47 Å². The summed E-state index contributed by atoms with van der Waals surface area (Å²) in [6.45, 7) is 5.54. The van der Waals surface area contributed by atoms with Gasteiger partial charge in [0.1, 0.15) is 0 Å². The van der Waals surface area contributed by atoms with E-state index < -0.39 is 0 Å². The first-order valence-electron chi connectivity index (χ1n) is 17.1. The second-order valence-electron chi connectivity index (χ2n) is 11.4. The Hall–Kier alpha value is -0.710. The molecule has 0 saturated heterocycles. The molecule has 0 fully saturated rings. The van der Waals surface area contributed by atoms with Crippen molar-refractivity contribution in [1.29, 1.82) is 0 Å². The molecule has 0 saturated carbocycles. The standard InChI is InChI=1S/C34H66O4S/c1-3-5-7-9-11-13-15-17-19-21-23-25-27-29-37-33(35)31-39-32-34(36)38-30-28-26-24-22-20-18-16-14-12-10-8-6-4-2/h3-32H2,1-2H3. The van der Waals surface area contributed by atoms with E-state index in [1.165, 1.54) is 153 Å². The Kier molecular flexibility index (Phi) is 32.9. The summed E-state index contributed by atoms with van der Waals surface area (Å²) in [6, 6.07) is 0. The third-order valence-electron chi connectivity index (χ3n) is 7.46. The van der Waals surface area contributed by atoms with Crippen molar-refractivity contribution in [1.82, 2.24) is 0 Å². The van der Waals surface area contributed by atoms with Gasteiger partial charge in [-0.1, -0.05) is 168 Å². The van der Waals surface area contributed by atoms with E-state index in [0.29, 0.717) is 13.2 Å². The zero-order valence-electron chi connectivity index (χ0n) is 26.3. The summed E-state index contributed by atoms with van der Waals surface area (Å²) in [5.41, 5.74) is 0. The van der Waals surface area contributed by atoms with E-state index in [1.54, 1.807) is 0 Å². The fraction of sp³-hybridized carbons (Fsp3) is 0.941. The Labute approximate surface area is 247 Å². The first kappa shape index (κ1) is 38.3. The lowest BCUT2D eigenvalue weighted by Gasteiger charge is -2.06. The maximum Gasteiger partial charge on any atom is 0.315 e. The van der Waals surface area contributed by atoms with Crippen LogP contribution in [0.4, 0.5) is 0 Å². The summed E-state index contributed by atoms with van der Waals surface area (Å²) in [7, 11) is 0. The second-order valence-corrected chi connectivity index (χ2v) is 12.4. The molecule has 0 aliphatic heterocycles. The molecular formula is C34H66O4S. The smallest absolute Gasteiger partial charge is 0.315 e. The molecule has 39 heavy (non-hydrogen) atoms. The van der Waals surface area contributed by atoms with E-state index in [9.17, 15) is 9.59 Å². The van der Waals surface area contributed by atoms with Crippen molar-refractivity contribution in [2.24, 2.45) is 0 Å². The molecule has 5 heteroatoms. The van der Waals surface area contributed by atoms with Crippen molar-refractivity contribution >= 4 is 23.7 Å². The van der Waals surface area contributed by atoms with Crippen LogP contribution in [0, 0.1) is 0 Å². The average molecular weight is 571 g/mol. The van der Waals surface area contributed by atoms with Crippen LogP contribution in [0.1, 0.15) is 181 Å². The summed E-state index contributed by atoms with van der Waals surface area (Å²) < 4.78 is 10.6. The molecule has 0 aliphatic rings. The lowest BCUT2D eigenvalue weighted by atomic mass is 10.0. The van der Waals surface area contributed by atoms with E-state index in [-0.39, 0.29) is 23.4 Å². The number of rotatable bonds is 32. The predicted octanol–water partition coefficient (Wildman–Crippen LogP) is 11.0. The highest BCUT2D eigenvalue weighted by Crippen LogP contribution is 2.14. The van der Waals surface area contributed by atoms with E-state index in [0.717, 1.165) is 25.7 Å². The Morgan fingerprint density at radius 3 is 0.872 bits per heavy atom. The molecule has 0 aromatic carbocycles. The van der Waals surface area contributed by atoms with Crippen LogP contribution in [0.5, 0.6) is 0 Å². The van der Waals surface area contributed by atoms with Gasteiger partial charge in [-0.15, -0.1) is 11.8 Å². The summed E-state index contributed by atoms with van der Waals surface area (Å²) in [5, 5.41) is 0. The number of carbonyl (C=O) groups excluding carboxylic acids is 2. The van der Waals surface area contributed by atoms with E-state index in [2.05, 4.69) is 13.8 Å². The number of thioether (sulfide) groups is 1. The first-order valence-corrected chi connectivity index (χ1v) is 18.2. The van der Waals surface area contributed by atoms with Crippen molar-refractivity contribution in [3.63, 3.8) is 0 Å². The first-order chi connectivity index (χ1) is 19.2. The van der Waals surface area contributed by atoms with Gasteiger partial charge in [0.25, 0.3) is 0 Å². The fourth-order valence-corrected chi connectivity index (χ4v) is 5.51. The molecule has 0 radical (unpaired) electrons. The zero-order chi connectivity index (χ0) is 28.5. The summed E-state index contributed by atoms with van der Waals surface area (Å²) in [5.74, 6) is 0.0185. The molecule has 0 N–H and O–H groups in total. The zero-order valence-corrected chi connectivity index (χ0v) is 27.1. The van der Waals surface area contributed by atoms with Crippen molar-refractivity contribution in [3.8, 4) is 0 Å². The Morgan fingerprint density at radius 1 is 0.385 bits per heavy atom. The van der Waals surface area contributed by atoms with Crippen molar-refractivity contribution in [3.05, 3.63) is 0 Å². The van der Waals surface area contributed by atoms with Gasteiger partial charge in [-0.25, -0.2) is 0 Å². The van der Waals surface area contributed by atoms with E-state index in [1.807, 2.05) is 0 Å². The summed E-state index contributed by atoms with van der Waals surface area (Å²) in [6.07, 6.45) is 34.0. The van der Waals surface area contributed by atoms with Gasteiger partial charge >= 0.3 is 11.9 Å². The van der Waals surface area contributed by atoms with Crippen LogP contribution in [0.3, 0.4) is 0 Å². The molecule has 0 atom stereocenters. The number of hydrogen-bond acceptors (Lipinski definition) is 5. The Morgan fingerprint density at radius 2 is 0.615 bits per heavy atom. The molecule has 0 aliphatic carbocycles. The Balaban J connectivity index is 3.27. The molecular weight excluding hydrogens is 504 g/mol. The number of unbranched alkanes of at least 4 members (excludes halogenated alkanes) is 24. The average Bonchev–Trinajstić information content (AvgIpc) is 2.93. The number of ether oxygens (including phenoxy) is 2. The van der Waals surface area contributed by atoms with E-state index in [4.69, 9.17) is 9.47 Å². The van der Waals surface area contributed by atoms with Gasteiger partial charge in [0.15, 0.2) is 0 Å². The largest absolute Gasteiger partial charge is 0.465 e. The summed E-state index contributed by atoms with van der Waals surface area (Å²) in [4.78, 5) is 23.7. The minimum absolute atomic E-state index is 0.219. The van der Waals surface area contributed by atoms with Crippen molar-refractivity contribution in [2.75, 3.05) is 24.7 Å². The number of esters is 2. The molecule has 0 bridgehead atoms. The van der Waals surface area contributed by atoms with Crippen LogP contribution in [-0.2, 0) is 19.1 Å². The molecule has 0 spiro atoms. The Bertz CT molecular complexity index is 467. The maximum atomic E-state index is 11.8. The van der Waals surface area contributed by atoms with Crippen LogP contribution in [0.25, 0.3) is 0 Å². The highest BCUT2D eigenvalue weighted by atomic mass is 32.2. The lowest BCUT2D eigenvalue weighted by Crippen LogP contribution is -2.13. The minimum atomic E-state index is -0.219. The monoisotopic (exact) mass is 570 g/mol. The highest BCUT2D eigenvalue weighted by molar-refractivity contribution is 8.00. The van der Waals surface area contributed by atoms with Gasteiger partial charge in [-0.2, -0.15) is 0 Å². The molecule has 0 unspecified atom stereocenters. The number of hydrogen-bond donors (Lipinski definition) is 0. The molecule has 0 amide bonds. The fourth-order valence-electron chi connectivity index (χ4n) is 4.91. The van der Waals surface area contributed by atoms with Gasteiger partial charge in [0.2, 0.25) is 0 Å². The van der Waals surface area contributed by atoms with Gasteiger partial charge in [0.05, 0.1) is 24.7 Å². The topological polar surface area (TPSA) is 52.6 Å². The van der Waals surface area contributed by atoms with Gasteiger partial charge in [-0.05, 0) is 12.8 Å². The molecule has 232 valence electrons. The summed E-state index contributed by atoms with van der Waals surface area (Å²) >= 11 is 1.29. The number of carbonyl (C=O) groups is 2. The molecule has 0 rings (SSSR count). The second kappa shape index (κ2) is 33.5. The third-order valence-corrected chi connectivity index (χ3v) is 8.34. The van der Waals surface area contributed by atoms with Crippen LogP contribution < -0.4 is 0 Å². The molecule has 0 aromatic heterocycles. The van der Waals surface area contributed by atoms with Gasteiger partial charge in [-0.3, -0.25) is 9.59 Å². The highest BCUT2D eigenvalue weighted by Gasteiger charge is 2.07. The SMILES string of the molecule is CCCCCCCCCCCCCCCOC(=O)CSCC(=O)OCCCCCCCCCCCCCCC. The quantitative estimate of drug-likeness (QED) is 0.0594. The van der Waals surface area contributed by atoms with Gasteiger partial charge in [0, 0.05) is 0 Å². The van der Waals surface area contributed by atoms with Crippen molar-refractivity contribution < 1.29 is 19.1 Å². The normalized spacial score (nSPS) is 11.1. The molecule has 0 aromatic rings. The van der Waals surface area contributed by atoms with Crippen LogP contribution in [0.15, 0.2) is 0 Å². The van der Waals surface area contributed by atoms with Crippen molar-refractivity contribution in [2.45, 2.75) is 181 Å². The van der Waals surface area contributed by atoms with Crippen LogP contribution >= 0.6 is 11.8 Å².